The average molecular weight is 497 g/mol. The minimum absolute atomic E-state index is 0.00659. The highest BCUT2D eigenvalue weighted by atomic mass is 19.1. The number of phenolic OH excluding ortho intramolecular Hbond substituents is 1. The summed E-state index contributed by atoms with van der Waals surface area (Å²) >= 11 is 0. The summed E-state index contributed by atoms with van der Waals surface area (Å²) in [4.78, 5) is 17.5. The van der Waals surface area contributed by atoms with Crippen molar-refractivity contribution < 1.29 is 19.0 Å². The number of methoxy groups -OCH3 is 1. The van der Waals surface area contributed by atoms with E-state index in [9.17, 15) is 14.3 Å². The molecule has 36 heavy (non-hydrogen) atoms. The summed E-state index contributed by atoms with van der Waals surface area (Å²) in [6.07, 6.45) is 0. The molecule has 2 N–H and O–H groups in total. The Hall–Kier alpha value is -3.66. The van der Waals surface area contributed by atoms with Gasteiger partial charge in [0.2, 0.25) is 5.82 Å². The number of hydrogen-bond acceptors (Lipinski definition) is 7. The van der Waals surface area contributed by atoms with Gasteiger partial charge in [0, 0.05) is 50.2 Å². The lowest BCUT2D eigenvalue weighted by Gasteiger charge is -2.34. The lowest BCUT2D eigenvalue weighted by molar-refractivity contribution is 0.0938. The number of aromatic hydroxyl groups is 1. The van der Waals surface area contributed by atoms with E-state index in [2.05, 4.69) is 32.4 Å². The van der Waals surface area contributed by atoms with Crippen LogP contribution in [0.1, 0.15) is 35.9 Å². The molecule has 0 aliphatic carbocycles. The molecule has 1 aliphatic heterocycles. The van der Waals surface area contributed by atoms with Crippen molar-refractivity contribution in [3.05, 3.63) is 47.8 Å². The third-order valence-corrected chi connectivity index (χ3v) is 6.43. The Balaban J connectivity index is 1.80. The van der Waals surface area contributed by atoms with Gasteiger partial charge in [-0.15, -0.1) is 10.2 Å². The van der Waals surface area contributed by atoms with Crippen molar-refractivity contribution in [1.82, 2.24) is 25.0 Å². The van der Waals surface area contributed by atoms with E-state index in [1.165, 1.54) is 0 Å². The third kappa shape index (κ3) is 5.13. The molecule has 1 saturated heterocycles. The molecular weight excluding hydrogens is 463 g/mol. The van der Waals surface area contributed by atoms with E-state index in [4.69, 9.17) is 4.74 Å². The first-order valence-corrected chi connectivity index (χ1v) is 12.1. The zero-order valence-corrected chi connectivity index (χ0v) is 21.2. The van der Waals surface area contributed by atoms with Crippen LogP contribution in [-0.2, 0) is 0 Å². The Kier molecular flexibility index (Phi) is 7.73. The predicted molar refractivity (Wildman–Crippen MR) is 137 cm³/mol. The molecular formula is C26H33FN6O3. The molecule has 0 unspecified atom stereocenters. The Bertz CT molecular complexity index is 1200. The SMILES string of the molecule is COc1cc(O)c(-c2nnc(C(=O)NCCF)n2-c2ccc(N3CCN(C)CC3)cc2)cc1C(C)C. The highest BCUT2D eigenvalue weighted by Crippen LogP contribution is 2.38. The van der Waals surface area contributed by atoms with Crippen molar-refractivity contribution in [2.75, 3.05) is 58.5 Å². The second-order valence-corrected chi connectivity index (χ2v) is 9.20. The molecule has 1 fully saturated rings. The van der Waals surface area contributed by atoms with Crippen LogP contribution in [0.3, 0.4) is 0 Å². The second kappa shape index (κ2) is 10.9. The number of alkyl halides is 1. The van der Waals surface area contributed by atoms with Crippen LogP contribution >= 0.6 is 0 Å². The van der Waals surface area contributed by atoms with Gasteiger partial charge in [-0.25, -0.2) is 4.39 Å². The highest BCUT2D eigenvalue weighted by Gasteiger charge is 2.25. The fourth-order valence-corrected chi connectivity index (χ4v) is 4.36. The molecule has 10 heteroatoms. The molecule has 0 atom stereocenters. The summed E-state index contributed by atoms with van der Waals surface area (Å²) < 4.78 is 19.8. The van der Waals surface area contributed by atoms with Crippen LogP contribution in [0.15, 0.2) is 36.4 Å². The van der Waals surface area contributed by atoms with Gasteiger partial charge in [0.1, 0.15) is 18.2 Å². The predicted octanol–water partition coefficient (Wildman–Crippen LogP) is 3.22. The minimum Gasteiger partial charge on any atom is -0.507 e. The van der Waals surface area contributed by atoms with E-state index < -0.39 is 12.6 Å². The molecule has 2 heterocycles. The van der Waals surface area contributed by atoms with Crippen LogP contribution in [0.5, 0.6) is 11.5 Å². The summed E-state index contributed by atoms with van der Waals surface area (Å²) in [6.45, 7) is 7.08. The monoisotopic (exact) mass is 496 g/mol. The number of likely N-dealkylation sites (N-methyl/N-ethyl adjacent to an activating group) is 1. The average Bonchev–Trinajstić information content (AvgIpc) is 3.32. The summed E-state index contributed by atoms with van der Waals surface area (Å²) in [5.74, 6) is 0.392. The van der Waals surface area contributed by atoms with Gasteiger partial charge in [0.25, 0.3) is 5.91 Å². The Labute approximate surface area is 210 Å². The Morgan fingerprint density at radius 2 is 1.78 bits per heavy atom. The first kappa shape index (κ1) is 25.4. The molecule has 2 aromatic carbocycles. The number of phenols is 1. The number of amides is 1. The number of carbonyl (C=O) groups is 1. The number of halogens is 1. The lowest BCUT2D eigenvalue weighted by atomic mass is 9.98. The molecule has 0 bridgehead atoms. The maximum Gasteiger partial charge on any atom is 0.289 e. The van der Waals surface area contributed by atoms with Crippen LogP contribution in [0.2, 0.25) is 0 Å². The fraction of sp³-hybridized carbons (Fsp3) is 0.423. The van der Waals surface area contributed by atoms with Crippen molar-refractivity contribution in [1.29, 1.82) is 0 Å². The number of nitrogens with one attached hydrogen (secondary N) is 1. The minimum atomic E-state index is -0.691. The normalized spacial score (nSPS) is 14.3. The zero-order chi connectivity index (χ0) is 25.8. The number of aromatic nitrogens is 3. The number of benzene rings is 2. The number of rotatable bonds is 8. The maximum atomic E-state index is 12.9. The molecule has 0 saturated carbocycles. The number of anilines is 1. The van der Waals surface area contributed by atoms with Gasteiger partial charge in [0.15, 0.2) is 5.82 Å². The van der Waals surface area contributed by atoms with Crippen molar-refractivity contribution in [3.63, 3.8) is 0 Å². The molecule has 3 aromatic rings. The van der Waals surface area contributed by atoms with E-state index in [-0.39, 0.29) is 24.0 Å². The molecule has 4 rings (SSSR count). The summed E-state index contributed by atoms with van der Waals surface area (Å²) in [5, 5.41) is 21.8. The Morgan fingerprint density at radius 3 is 2.39 bits per heavy atom. The molecule has 0 spiro atoms. The summed E-state index contributed by atoms with van der Waals surface area (Å²) in [7, 11) is 3.67. The topological polar surface area (TPSA) is 95.8 Å². The first-order valence-electron chi connectivity index (χ1n) is 12.1. The summed E-state index contributed by atoms with van der Waals surface area (Å²) in [5.41, 5.74) is 3.03. The van der Waals surface area contributed by atoms with Crippen molar-refractivity contribution >= 4 is 11.6 Å². The van der Waals surface area contributed by atoms with Gasteiger partial charge < -0.3 is 25.0 Å². The standard InChI is InChI=1S/C26H33FN6O3/c1-17(2)20-15-21(22(34)16-23(20)36-4)24-29-30-25(26(35)28-10-9-27)33(24)19-7-5-18(6-8-19)32-13-11-31(3)12-14-32/h5-8,15-17,34H,9-14H2,1-4H3,(H,28,35). The Morgan fingerprint density at radius 1 is 1.11 bits per heavy atom. The van der Waals surface area contributed by atoms with E-state index in [1.807, 2.05) is 38.1 Å². The fourth-order valence-electron chi connectivity index (χ4n) is 4.36. The van der Waals surface area contributed by atoms with Gasteiger partial charge in [-0.05, 0) is 48.9 Å². The first-order chi connectivity index (χ1) is 17.3. The van der Waals surface area contributed by atoms with Crippen LogP contribution in [0.25, 0.3) is 17.1 Å². The quantitative estimate of drug-likeness (QED) is 0.494. The van der Waals surface area contributed by atoms with E-state index in [0.717, 1.165) is 37.4 Å². The molecule has 1 amide bonds. The highest BCUT2D eigenvalue weighted by molar-refractivity contribution is 5.92. The van der Waals surface area contributed by atoms with E-state index in [1.54, 1.807) is 23.8 Å². The molecule has 1 aliphatic rings. The van der Waals surface area contributed by atoms with Crippen LogP contribution in [-0.4, -0.2) is 84.2 Å². The lowest BCUT2D eigenvalue weighted by Crippen LogP contribution is -2.44. The van der Waals surface area contributed by atoms with Crippen molar-refractivity contribution in [2.45, 2.75) is 19.8 Å². The van der Waals surface area contributed by atoms with E-state index >= 15 is 0 Å². The van der Waals surface area contributed by atoms with E-state index in [0.29, 0.717) is 22.8 Å². The summed E-state index contributed by atoms with van der Waals surface area (Å²) in [6, 6.07) is 11.2. The third-order valence-electron chi connectivity index (χ3n) is 6.43. The number of piperazine rings is 1. The van der Waals surface area contributed by atoms with Crippen LogP contribution < -0.4 is 15.0 Å². The van der Waals surface area contributed by atoms with Gasteiger partial charge in [-0.1, -0.05) is 13.8 Å². The van der Waals surface area contributed by atoms with Crippen LogP contribution in [0.4, 0.5) is 10.1 Å². The second-order valence-electron chi connectivity index (χ2n) is 9.20. The zero-order valence-electron chi connectivity index (χ0n) is 21.2. The number of hydrogen-bond donors (Lipinski definition) is 2. The van der Waals surface area contributed by atoms with Crippen LogP contribution in [0, 0.1) is 0 Å². The maximum absolute atomic E-state index is 12.9. The molecule has 0 radical (unpaired) electrons. The number of nitrogens with zero attached hydrogens (tertiary/aromatic N) is 5. The largest absolute Gasteiger partial charge is 0.507 e. The number of carbonyl (C=O) groups excluding carboxylic acids is 1. The van der Waals surface area contributed by atoms with Crippen molar-refractivity contribution in [2.24, 2.45) is 0 Å². The van der Waals surface area contributed by atoms with Crippen molar-refractivity contribution in [3.8, 4) is 28.6 Å². The van der Waals surface area contributed by atoms with Gasteiger partial charge in [0.05, 0.1) is 12.7 Å². The van der Waals surface area contributed by atoms with Gasteiger partial charge >= 0.3 is 0 Å². The van der Waals surface area contributed by atoms with Gasteiger partial charge in [-0.3, -0.25) is 9.36 Å². The van der Waals surface area contributed by atoms with Gasteiger partial charge in [-0.2, -0.15) is 0 Å². The smallest absolute Gasteiger partial charge is 0.289 e. The molecule has 192 valence electrons. The number of ether oxygens (including phenoxy) is 1. The molecule has 1 aromatic heterocycles. The molecule has 9 nitrogen and oxygen atoms in total.